The number of carbonyl (C=O) groups excluding carboxylic acids is 1. The van der Waals surface area contributed by atoms with Crippen molar-refractivity contribution in [2.75, 3.05) is 33.7 Å². The van der Waals surface area contributed by atoms with E-state index in [9.17, 15) is 4.79 Å². The van der Waals surface area contributed by atoms with E-state index in [2.05, 4.69) is 34.7 Å². The van der Waals surface area contributed by atoms with Crippen LogP contribution in [0.1, 0.15) is 38.2 Å². The summed E-state index contributed by atoms with van der Waals surface area (Å²) in [4.78, 5) is 17.7. The maximum Gasteiger partial charge on any atom is 0.243 e. The summed E-state index contributed by atoms with van der Waals surface area (Å²) in [6.07, 6.45) is 5.76. The summed E-state index contributed by atoms with van der Waals surface area (Å²) in [5.74, 6) is 0.725. The zero-order chi connectivity index (χ0) is 17.6. The zero-order valence-electron chi connectivity index (χ0n) is 15.8. The fourth-order valence-corrected chi connectivity index (χ4v) is 2.19. The van der Waals surface area contributed by atoms with Crippen molar-refractivity contribution in [1.82, 2.24) is 15.5 Å². The Balaban J connectivity index is 0.00000576. The van der Waals surface area contributed by atoms with Crippen LogP contribution in [0.5, 0.6) is 0 Å². The van der Waals surface area contributed by atoms with E-state index < -0.39 is 0 Å². The molecule has 0 atom stereocenters. The molecular weight excluding hydrogens is 427 g/mol. The average Bonchev–Trinajstić information content (AvgIpc) is 2.59. The third-order valence-corrected chi connectivity index (χ3v) is 3.74. The van der Waals surface area contributed by atoms with E-state index in [1.807, 2.05) is 18.2 Å². The van der Waals surface area contributed by atoms with Crippen LogP contribution in [0.25, 0.3) is 0 Å². The zero-order valence-corrected chi connectivity index (χ0v) is 18.1. The van der Waals surface area contributed by atoms with Crippen LogP contribution in [0.3, 0.4) is 0 Å². The van der Waals surface area contributed by atoms with E-state index in [1.165, 1.54) is 24.8 Å². The number of carbonyl (C=O) groups is 1. The summed E-state index contributed by atoms with van der Waals surface area (Å²) in [5.41, 5.74) is 1.29. The van der Waals surface area contributed by atoms with Gasteiger partial charge in [-0.25, -0.2) is 4.99 Å². The van der Waals surface area contributed by atoms with Gasteiger partial charge in [0.25, 0.3) is 0 Å². The van der Waals surface area contributed by atoms with Gasteiger partial charge in [0.05, 0.1) is 0 Å². The van der Waals surface area contributed by atoms with E-state index in [-0.39, 0.29) is 36.4 Å². The van der Waals surface area contributed by atoms with Gasteiger partial charge in [-0.3, -0.25) is 4.79 Å². The molecular formula is C19H33IN4O. The highest BCUT2D eigenvalue weighted by molar-refractivity contribution is 14.0. The molecule has 0 unspecified atom stereocenters. The summed E-state index contributed by atoms with van der Waals surface area (Å²) in [6.45, 7) is 4.05. The fourth-order valence-electron chi connectivity index (χ4n) is 2.19. The number of hydrogen-bond donors (Lipinski definition) is 2. The highest BCUT2D eigenvalue weighted by Crippen LogP contribution is 1.99. The Morgan fingerprint density at radius 3 is 2.36 bits per heavy atom. The molecule has 0 radical (unpaired) electrons. The van der Waals surface area contributed by atoms with Gasteiger partial charge in [-0.1, -0.05) is 56.5 Å². The van der Waals surface area contributed by atoms with Crippen LogP contribution >= 0.6 is 24.0 Å². The van der Waals surface area contributed by atoms with Crippen molar-refractivity contribution in [3.8, 4) is 0 Å². The lowest BCUT2D eigenvalue weighted by atomic mass is 10.1. The molecule has 5 nitrogen and oxygen atoms in total. The van der Waals surface area contributed by atoms with Gasteiger partial charge in [0.1, 0.15) is 6.54 Å². The van der Waals surface area contributed by atoms with Crippen LogP contribution in [0, 0.1) is 0 Å². The average molecular weight is 460 g/mol. The first-order valence-electron chi connectivity index (χ1n) is 8.89. The molecule has 6 heteroatoms. The van der Waals surface area contributed by atoms with Crippen molar-refractivity contribution in [2.45, 2.75) is 39.0 Å². The molecule has 142 valence electrons. The highest BCUT2D eigenvalue weighted by Gasteiger charge is 2.04. The molecule has 0 saturated heterocycles. The molecule has 0 aliphatic heterocycles. The number of nitrogens with zero attached hydrogens (tertiary/aromatic N) is 2. The van der Waals surface area contributed by atoms with Crippen molar-refractivity contribution < 1.29 is 4.79 Å². The summed E-state index contributed by atoms with van der Waals surface area (Å²) in [7, 11) is 3.50. The summed E-state index contributed by atoms with van der Waals surface area (Å²) in [5, 5.41) is 6.65. The molecule has 0 saturated carbocycles. The second-order valence-corrected chi connectivity index (χ2v) is 6.10. The van der Waals surface area contributed by atoms with Crippen LogP contribution in [0.4, 0.5) is 0 Å². The first-order valence-corrected chi connectivity index (χ1v) is 8.89. The van der Waals surface area contributed by atoms with Gasteiger partial charge in [0, 0.05) is 27.2 Å². The third-order valence-electron chi connectivity index (χ3n) is 3.74. The lowest BCUT2D eigenvalue weighted by Gasteiger charge is -2.14. The molecule has 1 rings (SSSR count). The topological polar surface area (TPSA) is 56.7 Å². The summed E-state index contributed by atoms with van der Waals surface area (Å²) < 4.78 is 0. The van der Waals surface area contributed by atoms with Crippen LogP contribution < -0.4 is 10.6 Å². The molecule has 0 aliphatic rings. The smallest absolute Gasteiger partial charge is 0.243 e. The fraction of sp³-hybridized carbons (Fsp3) is 0.579. The van der Waals surface area contributed by atoms with Gasteiger partial charge in [0.2, 0.25) is 5.91 Å². The number of likely N-dealkylation sites (N-methyl/N-ethyl adjacent to an activating group) is 1. The maximum absolute atomic E-state index is 11.7. The van der Waals surface area contributed by atoms with Gasteiger partial charge in [-0.2, -0.15) is 0 Å². The van der Waals surface area contributed by atoms with Crippen LogP contribution in [0.15, 0.2) is 35.3 Å². The number of guanidine groups is 1. The van der Waals surface area contributed by atoms with Crippen LogP contribution in [-0.4, -0.2) is 50.5 Å². The van der Waals surface area contributed by atoms with Crippen LogP contribution in [0.2, 0.25) is 0 Å². The number of benzene rings is 1. The predicted octanol–water partition coefficient (Wildman–Crippen LogP) is 3.05. The molecule has 1 aromatic carbocycles. The van der Waals surface area contributed by atoms with Crippen molar-refractivity contribution in [1.29, 1.82) is 0 Å². The molecule has 1 amide bonds. The quantitative estimate of drug-likeness (QED) is 0.244. The van der Waals surface area contributed by atoms with Crippen LogP contribution in [-0.2, 0) is 11.2 Å². The molecule has 0 fully saturated rings. The maximum atomic E-state index is 11.7. The molecule has 25 heavy (non-hydrogen) atoms. The Morgan fingerprint density at radius 2 is 1.72 bits per heavy atom. The second kappa shape index (κ2) is 15.0. The minimum absolute atomic E-state index is 0. The summed E-state index contributed by atoms with van der Waals surface area (Å²) >= 11 is 0. The molecule has 0 aromatic heterocycles. The molecule has 0 heterocycles. The van der Waals surface area contributed by atoms with Crippen molar-refractivity contribution in [2.24, 2.45) is 4.99 Å². The largest absolute Gasteiger partial charge is 0.356 e. The Hall–Kier alpha value is -1.31. The van der Waals surface area contributed by atoms with Gasteiger partial charge in [-0.05, 0) is 18.4 Å². The Kier molecular flexibility index (Phi) is 14.2. The van der Waals surface area contributed by atoms with E-state index in [0.29, 0.717) is 0 Å². The third kappa shape index (κ3) is 11.8. The Bertz CT molecular complexity index is 491. The Morgan fingerprint density at radius 1 is 1.04 bits per heavy atom. The van der Waals surface area contributed by atoms with Gasteiger partial charge in [-0.15, -0.1) is 24.0 Å². The molecule has 1 aromatic rings. The predicted molar refractivity (Wildman–Crippen MR) is 117 cm³/mol. The van der Waals surface area contributed by atoms with E-state index in [0.717, 1.165) is 31.9 Å². The normalized spacial score (nSPS) is 10.8. The number of hydrogen-bond acceptors (Lipinski definition) is 2. The van der Waals surface area contributed by atoms with Gasteiger partial charge < -0.3 is 15.5 Å². The van der Waals surface area contributed by atoms with Crippen molar-refractivity contribution in [3.05, 3.63) is 35.9 Å². The number of nitrogens with one attached hydrogen (secondary N) is 2. The lowest BCUT2D eigenvalue weighted by molar-refractivity contribution is -0.127. The number of aliphatic imine (C=N–C) groups is 1. The van der Waals surface area contributed by atoms with Gasteiger partial charge >= 0.3 is 0 Å². The van der Waals surface area contributed by atoms with Crippen molar-refractivity contribution in [3.63, 3.8) is 0 Å². The van der Waals surface area contributed by atoms with E-state index >= 15 is 0 Å². The van der Waals surface area contributed by atoms with Crippen molar-refractivity contribution >= 4 is 35.8 Å². The molecule has 2 N–H and O–H groups in total. The number of halogens is 1. The molecule has 0 aliphatic carbocycles. The number of rotatable bonds is 10. The standard InChI is InChI=1S/C19H32N4O.HI/c1-4-5-6-10-14-20-19(22-16-18(24)23(2)3)21-15-13-17-11-8-7-9-12-17;/h7-9,11-12H,4-6,10,13-16H2,1-3H3,(H2,20,21,22);1H. The monoisotopic (exact) mass is 460 g/mol. The lowest BCUT2D eigenvalue weighted by Crippen LogP contribution is -2.40. The summed E-state index contributed by atoms with van der Waals surface area (Å²) in [6, 6.07) is 10.4. The molecule has 0 spiro atoms. The van der Waals surface area contributed by atoms with E-state index in [1.54, 1.807) is 19.0 Å². The molecule has 0 bridgehead atoms. The van der Waals surface area contributed by atoms with E-state index in [4.69, 9.17) is 0 Å². The van der Waals surface area contributed by atoms with Gasteiger partial charge in [0.15, 0.2) is 5.96 Å². The number of unbranched alkanes of at least 4 members (excludes halogenated alkanes) is 3. The second-order valence-electron chi connectivity index (χ2n) is 6.10. The Labute approximate surface area is 169 Å². The first kappa shape index (κ1) is 23.7. The minimum Gasteiger partial charge on any atom is -0.356 e. The first-order chi connectivity index (χ1) is 11.6. The SMILES string of the molecule is CCCCCCNC(=NCC(=O)N(C)C)NCCc1ccccc1.I. The number of amides is 1. The highest BCUT2D eigenvalue weighted by atomic mass is 127. The minimum atomic E-state index is 0.